The lowest BCUT2D eigenvalue weighted by Gasteiger charge is -2.36. The van der Waals surface area contributed by atoms with Gasteiger partial charge in [-0.25, -0.2) is 0 Å². The van der Waals surface area contributed by atoms with Crippen LogP contribution in [0.25, 0.3) is 0 Å². The number of amides is 1. The Bertz CT molecular complexity index is 277. The summed E-state index contributed by atoms with van der Waals surface area (Å²) in [6, 6.07) is 0.379. The summed E-state index contributed by atoms with van der Waals surface area (Å²) in [5.74, 6) is 0.583. The zero-order valence-electron chi connectivity index (χ0n) is 9.79. The summed E-state index contributed by atoms with van der Waals surface area (Å²) < 4.78 is 0. The van der Waals surface area contributed by atoms with Crippen molar-refractivity contribution in [3.63, 3.8) is 0 Å². The number of rotatable bonds is 1. The maximum absolute atomic E-state index is 12.2. The number of piperidine rings is 1. The van der Waals surface area contributed by atoms with Crippen LogP contribution in [0.5, 0.6) is 0 Å². The molecule has 1 aliphatic carbocycles. The lowest BCUT2D eigenvalue weighted by molar-refractivity contribution is -0.136. The molecule has 1 saturated heterocycles. The average Bonchev–Trinajstić information content (AvgIpc) is 2.78. The molecule has 1 heterocycles. The molecule has 1 aliphatic heterocycles. The van der Waals surface area contributed by atoms with E-state index in [1.807, 2.05) is 4.90 Å². The predicted octanol–water partition coefficient (Wildman–Crippen LogP) is 2.65. The molecular formula is C12H20ClNO. The number of carbonyl (C=O) groups is 1. The average molecular weight is 230 g/mol. The SMILES string of the molecule is CC1CCC(Cl)CN1C(=O)C1CC1(C)C. The van der Waals surface area contributed by atoms with Gasteiger partial charge < -0.3 is 4.90 Å². The molecule has 2 nitrogen and oxygen atoms in total. The van der Waals surface area contributed by atoms with Crippen LogP contribution in [0.15, 0.2) is 0 Å². The van der Waals surface area contributed by atoms with Crippen molar-refractivity contribution in [2.45, 2.75) is 51.5 Å². The predicted molar refractivity (Wildman–Crippen MR) is 61.9 cm³/mol. The number of nitrogens with zero attached hydrogens (tertiary/aromatic N) is 1. The number of likely N-dealkylation sites (tertiary alicyclic amines) is 1. The van der Waals surface area contributed by atoms with Gasteiger partial charge in [0.2, 0.25) is 5.91 Å². The monoisotopic (exact) mass is 229 g/mol. The molecule has 0 aromatic rings. The Morgan fingerprint density at radius 3 is 2.53 bits per heavy atom. The van der Waals surface area contributed by atoms with Gasteiger partial charge in [-0.05, 0) is 31.6 Å². The molecule has 3 heteroatoms. The Balaban J connectivity index is 2.00. The fraction of sp³-hybridized carbons (Fsp3) is 0.917. The summed E-state index contributed by atoms with van der Waals surface area (Å²) in [6.45, 7) is 7.22. The first-order valence-electron chi connectivity index (χ1n) is 5.86. The third-order valence-corrected chi connectivity index (χ3v) is 4.28. The standard InChI is InChI=1S/C12H20ClNO/c1-8-4-5-9(13)7-14(8)11(15)10-6-12(10,2)3/h8-10H,4-7H2,1-3H3. The zero-order valence-corrected chi connectivity index (χ0v) is 10.5. The summed E-state index contributed by atoms with van der Waals surface area (Å²) in [5.41, 5.74) is 0.232. The fourth-order valence-electron chi connectivity index (χ4n) is 2.46. The number of alkyl halides is 1. The maximum Gasteiger partial charge on any atom is 0.226 e. The van der Waals surface area contributed by atoms with Crippen molar-refractivity contribution in [3.8, 4) is 0 Å². The molecule has 15 heavy (non-hydrogen) atoms. The molecule has 0 N–H and O–H groups in total. The van der Waals surface area contributed by atoms with Gasteiger partial charge in [0.25, 0.3) is 0 Å². The minimum atomic E-state index is 0.159. The first kappa shape index (κ1) is 11.3. The molecular weight excluding hydrogens is 210 g/mol. The van der Waals surface area contributed by atoms with Gasteiger partial charge in [-0.2, -0.15) is 0 Å². The van der Waals surface area contributed by atoms with Gasteiger partial charge in [0, 0.05) is 18.5 Å². The summed E-state index contributed by atoms with van der Waals surface area (Å²) >= 11 is 6.12. The molecule has 3 atom stereocenters. The van der Waals surface area contributed by atoms with E-state index in [-0.39, 0.29) is 16.7 Å². The summed E-state index contributed by atoms with van der Waals surface area (Å²) in [4.78, 5) is 14.2. The highest BCUT2D eigenvalue weighted by atomic mass is 35.5. The quantitative estimate of drug-likeness (QED) is 0.633. The van der Waals surface area contributed by atoms with Crippen LogP contribution in [-0.4, -0.2) is 28.8 Å². The highest BCUT2D eigenvalue weighted by Crippen LogP contribution is 2.52. The first-order chi connectivity index (χ1) is 6.92. The molecule has 2 fully saturated rings. The highest BCUT2D eigenvalue weighted by Gasteiger charge is 2.52. The van der Waals surface area contributed by atoms with Crippen LogP contribution in [0.4, 0.5) is 0 Å². The van der Waals surface area contributed by atoms with Crippen molar-refractivity contribution in [2.24, 2.45) is 11.3 Å². The number of carbonyl (C=O) groups excluding carboxylic acids is 1. The molecule has 2 aliphatic rings. The zero-order chi connectivity index (χ0) is 11.2. The summed E-state index contributed by atoms with van der Waals surface area (Å²) in [7, 11) is 0. The van der Waals surface area contributed by atoms with E-state index in [1.54, 1.807) is 0 Å². The van der Waals surface area contributed by atoms with Gasteiger partial charge in [-0.1, -0.05) is 13.8 Å². The number of halogens is 1. The molecule has 86 valence electrons. The third-order valence-electron chi connectivity index (χ3n) is 3.92. The van der Waals surface area contributed by atoms with Gasteiger partial charge in [-0.3, -0.25) is 4.79 Å². The van der Waals surface area contributed by atoms with Crippen LogP contribution in [-0.2, 0) is 4.79 Å². The van der Waals surface area contributed by atoms with E-state index in [1.165, 1.54) is 0 Å². The van der Waals surface area contributed by atoms with Crippen molar-refractivity contribution in [1.82, 2.24) is 4.90 Å². The largest absolute Gasteiger partial charge is 0.338 e. The van der Waals surface area contributed by atoms with Crippen LogP contribution in [0.1, 0.15) is 40.0 Å². The molecule has 0 aromatic carbocycles. The van der Waals surface area contributed by atoms with E-state index < -0.39 is 0 Å². The van der Waals surface area contributed by atoms with Crippen molar-refractivity contribution in [3.05, 3.63) is 0 Å². The molecule has 0 spiro atoms. The van der Waals surface area contributed by atoms with E-state index in [9.17, 15) is 4.79 Å². The van der Waals surface area contributed by atoms with E-state index in [0.717, 1.165) is 25.8 Å². The smallest absolute Gasteiger partial charge is 0.226 e. The minimum absolute atomic E-state index is 0.159. The Kier molecular flexibility index (Phi) is 2.74. The van der Waals surface area contributed by atoms with E-state index in [0.29, 0.717) is 11.9 Å². The maximum atomic E-state index is 12.2. The Labute approximate surface area is 97.0 Å². The molecule has 3 unspecified atom stereocenters. The van der Waals surface area contributed by atoms with Crippen molar-refractivity contribution in [2.75, 3.05) is 6.54 Å². The second kappa shape index (κ2) is 3.65. The Morgan fingerprint density at radius 2 is 2.00 bits per heavy atom. The molecule has 0 bridgehead atoms. The Morgan fingerprint density at radius 1 is 1.40 bits per heavy atom. The molecule has 0 aromatic heterocycles. The van der Waals surface area contributed by atoms with Gasteiger partial charge in [0.15, 0.2) is 0 Å². The van der Waals surface area contributed by atoms with Crippen LogP contribution < -0.4 is 0 Å². The van der Waals surface area contributed by atoms with E-state index in [4.69, 9.17) is 11.6 Å². The van der Waals surface area contributed by atoms with E-state index >= 15 is 0 Å². The molecule has 0 radical (unpaired) electrons. The second-order valence-corrected chi connectivity index (χ2v) is 6.38. The van der Waals surface area contributed by atoms with Crippen molar-refractivity contribution >= 4 is 17.5 Å². The molecule has 1 amide bonds. The Hall–Kier alpha value is -0.240. The fourth-order valence-corrected chi connectivity index (χ4v) is 2.73. The van der Waals surface area contributed by atoms with Gasteiger partial charge in [0.1, 0.15) is 0 Å². The minimum Gasteiger partial charge on any atom is -0.338 e. The lowest BCUT2D eigenvalue weighted by Crippen LogP contribution is -2.47. The molecule has 1 saturated carbocycles. The van der Waals surface area contributed by atoms with Crippen LogP contribution in [0.3, 0.4) is 0 Å². The van der Waals surface area contributed by atoms with Crippen LogP contribution in [0, 0.1) is 11.3 Å². The molecule has 2 rings (SSSR count). The second-order valence-electron chi connectivity index (χ2n) is 5.76. The number of hydrogen-bond acceptors (Lipinski definition) is 1. The van der Waals surface area contributed by atoms with Crippen molar-refractivity contribution in [1.29, 1.82) is 0 Å². The van der Waals surface area contributed by atoms with Crippen molar-refractivity contribution < 1.29 is 4.79 Å². The van der Waals surface area contributed by atoms with Gasteiger partial charge >= 0.3 is 0 Å². The van der Waals surface area contributed by atoms with Gasteiger partial charge in [-0.15, -0.1) is 11.6 Å². The number of hydrogen-bond donors (Lipinski definition) is 0. The van der Waals surface area contributed by atoms with E-state index in [2.05, 4.69) is 20.8 Å². The third kappa shape index (κ3) is 2.15. The lowest BCUT2D eigenvalue weighted by atomic mass is 10.0. The summed E-state index contributed by atoms with van der Waals surface area (Å²) in [6.07, 6.45) is 3.13. The first-order valence-corrected chi connectivity index (χ1v) is 6.30. The van der Waals surface area contributed by atoms with Gasteiger partial charge in [0.05, 0.1) is 5.38 Å². The topological polar surface area (TPSA) is 20.3 Å². The normalized spacial score (nSPS) is 38.9. The van der Waals surface area contributed by atoms with Crippen LogP contribution >= 0.6 is 11.6 Å². The van der Waals surface area contributed by atoms with Crippen LogP contribution in [0.2, 0.25) is 0 Å². The summed E-state index contributed by atoms with van der Waals surface area (Å²) in [5, 5.41) is 0.159. The highest BCUT2D eigenvalue weighted by molar-refractivity contribution is 6.21.